The van der Waals surface area contributed by atoms with E-state index in [9.17, 15) is 23.1 Å². The molecule has 1 amide bonds. The van der Waals surface area contributed by atoms with Crippen LogP contribution in [0.1, 0.15) is 36.8 Å². The Kier molecular flexibility index (Phi) is 7.97. The number of aromatic carboxylic acids is 1. The fourth-order valence-corrected chi connectivity index (χ4v) is 6.50. The Bertz CT molecular complexity index is 1750. The number of halogens is 1. The van der Waals surface area contributed by atoms with Gasteiger partial charge >= 0.3 is 12.1 Å². The first kappa shape index (κ1) is 29.1. The van der Waals surface area contributed by atoms with Crippen molar-refractivity contribution in [2.45, 2.75) is 38.2 Å². The van der Waals surface area contributed by atoms with E-state index in [1.807, 2.05) is 0 Å². The van der Waals surface area contributed by atoms with Crippen molar-refractivity contribution in [3.63, 3.8) is 0 Å². The molecule has 0 saturated carbocycles. The number of pyridine rings is 1. The summed E-state index contributed by atoms with van der Waals surface area (Å²) in [5.74, 6) is -0.903. The highest BCUT2D eigenvalue weighted by atomic mass is 35.5. The van der Waals surface area contributed by atoms with E-state index in [2.05, 4.69) is 15.0 Å². The second kappa shape index (κ2) is 11.0. The molecule has 0 fully saturated rings. The van der Waals surface area contributed by atoms with Gasteiger partial charge in [-0.15, -0.1) is 0 Å². The van der Waals surface area contributed by atoms with Crippen LogP contribution in [0.5, 0.6) is 5.75 Å². The smallest absolute Gasteiger partial charge is 0.412 e. The minimum atomic E-state index is -4.31. The molecule has 0 radical (unpaired) electrons. The lowest BCUT2D eigenvalue weighted by Crippen LogP contribution is -2.27. The van der Waals surface area contributed by atoms with Gasteiger partial charge in [0.1, 0.15) is 26.7 Å². The molecular formula is C27H26ClN3O7S2. The van der Waals surface area contributed by atoms with E-state index >= 15 is 0 Å². The number of carbonyl (C=O) groups excluding carboxylic acids is 1. The summed E-state index contributed by atoms with van der Waals surface area (Å²) in [4.78, 5) is 29.8. The minimum absolute atomic E-state index is 0.0751. The van der Waals surface area contributed by atoms with Gasteiger partial charge in [0.2, 0.25) is 0 Å². The lowest BCUT2D eigenvalue weighted by Gasteiger charge is -2.20. The summed E-state index contributed by atoms with van der Waals surface area (Å²) in [6.45, 7) is 6.61. The van der Waals surface area contributed by atoms with E-state index < -0.39 is 27.7 Å². The Balaban J connectivity index is 2.05. The van der Waals surface area contributed by atoms with E-state index in [0.29, 0.717) is 16.9 Å². The van der Waals surface area contributed by atoms with Gasteiger partial charge in [0.05, 0.1) is 23.4 Å². The van der Waals surface area contributed by atoms with Crippen LogP contribution in [0.2, 0.25) is 5.02 Å². The van der Waals surface area contributed by atoms with E-state index in [4.69, 9.17) is 21.1 Å². The number of rotatable bonds is 7. The summed E-state index contributed by atoms with van der Waals surface area (Å²) in [5, 5.41) is 13.5. The number of carboxylic acids is 1. The number of thiophene rings is 1. The summed E-state index contributed by atoms with van der Waals surface area (Å²) in [5.41, 5.74) is -0.415. The molecule has 3 N–H and O–H groups in total. The largest absolute Gasteiger partial charge is 0.497 e. The van der Waals surface area contributed by atoms with Gasteiger partial charge in [-0.25, -0.2) is 23.0 Å². The summed E-state index contributed by atoms with van der Waals surface area (Å²) >= 11 is 7.08. The van der Waals surface area contributed by atoms with Crippen molar-refractivity contribution in [2.24, 2.45) is 0 Å². The van der Waals surface area contributed by atoms with Crippen LogP contribution in [0.4, 0.5) is 15.5 Å². The van der Waals surface area contributed by atoms with E-state index in [1.54, 1.807) is 45.0 Å². The zero-order valence-corrected chi connectivity index (χ0v) is 24.5. The number of sulfonamides is 1. The number of nitrogens with one attached hydrogen (secondary N) is 2. The fourth-order valence-electron chi connectivity index (χ4n) is 3.97. The molecule has 4 aromatic rings. The van der Waals surface area contributed by atoms with Crippen molar-refractivity contribution in [2.75, 3.05) is 17.1 Å². The second-order valence-corrected chi connectivity index (χ2v) is 12.8. The van der Waals surface area contributed by atoms with Crippen molar-refractivity contribution >= 4 is 65.9 Å². The Morgan fingerprint density at radius 3 is 2.42 bits per heavy atom. The molecule has 0 bridgehead atoms. The number of carboxylic acid groups (broad SMARTS) is 1. The van der Waals surface area contributed by atoms with E-state index in [-0.39, 0.29) is 42.1 Å². The number of methoxy groups -OCH3 is 1. The Labute approximate surface area is 240 Å². The highest BCUT2D eigenvalue weighted by Crippen LogP contribution is 2.48. The van der Waals surface area contributed by atoms with Crippen LogP contribution in [0.3, 0.4) is 0 Å². The predicted octanol–water partition coefficient (Wildman–Crippen LogP) is 6.78. The van der Waals surface area contributed by atoms with Gasteiger partial charge in [0.25, 0.3) is 10.0 Å². The molecule has 0 unspecified atom stereocenters. The number of benzene rings is 2. The van der Waals surface area contributed by atoms with Crippen LogP contribution in [0.25, 0.3) is 21.3 Å². The van der Waals surface area contributed by atoms with Crippen LogP contribution in [0, 0.1) is 6.92 Å². The molecular weight excluding hydrogens is 578 g/mol. The highest BCUT2D eigenvalue weighted by Gasteiger charge is 2.30. The standard InChI is InChI=1S/C27H26ClN3O7S2/c1-14-19(25(32)33)22(31-40(35,36)18-11-7-9-16(28)13-18)21-20(15-8-6-10-17(12-15)37-5)23(39-24(21)29-14)30-26(34)38-27(2,3)4/h6-13H,1-5H3,(H,29,31)(H,30,34)(H,32,33). The molecule has 0 aliphatic rings. The van der Waals surface area contributed by atoms with Crippen LogP contribution >= 0.6 is 22.9 Å². The van der Waals surface area contributed by atoms with Gasteiger partial charge in [-0.3, -0.25) is 10.0 Å². The second-order valence-electron chi connectivity index (χ2n) is 9.66. The van der Waals surface area contributed by atoms with Crippen molar-refractivity contribution in [1.82, 2.24) is 4.98 Å². The van der Waals surface area contributed by atoms with Gasteiger partial charge in [-0.1, -0.05) is 41.1 Å². The molecule has 0 aliphatic heterocycles. The number of amides is 1. The number of hydrogen-bond donors (Lipinski definition) is 3. The van der Waals surface area contributed by atoms with Crippen molar-refractivity contribution in [3.8, 4) is 16.9 Å². The Morgan fingerprint density at radius 1 is 1.10 bits per heavy atom. The van der Waals surface area contributed by atoms with Crippen molar-refractivity contribution < 1.29 is 32.6 Å². The molecule has 10 nitrogen and oxygen atoms in total. The monoisotopic (exact) mass is 603 g/mol. The van der Waals surface area contributed by atoms with Crippen molar-refractivity contribution in [3.05, 3.63) is 64.8 Å². The van der Waals surface area contributed by atoms with Gasteiger partial charge in [-0.05, 0) is 63.6 Å². The molecule has 40 heavy (non-hydrogen) atoms. The Morgan fingerprint density at radius 2 is 1.80 bits per heavy atom. The maximum Gasteiger partial charge on any atom is 0.412 e. The first-order valence-electron chi connectivity index (χ1n) is 11.8. The molecule has 2 heterocycles. The third-order valence-electron chi connectivity index (χ3n) is 5.55. The lowest BCUT2D eigenvalue weighted by atomic mass is 10.0. The number of fused-ring (bicyclic) bond motifs is 1. The molecule has 13 heteroatoms. The number of nitrogens with zero attached hydrogens (tertiary/aromatic N) is 1. The molecule has 2 aromatic carbocycles. The molecule has 0 spiro atoms. The highest BCUT2D eigenvalue weighted by molar-refractivity contribution is 7.92. The summed E-state index contributed by atoms with van der Waals surface area (Å²) < 4.78 is 40.2. The minimum Gasteiger partial charge on any atom is -0.497 e. The number of aromatic nitrogens is 1. The van der Waals surface area contributed by atoms with E-state index in [1.165, 1.54) is 38.3 Å². The van der Waals surface area contributed by atoms with Gasteiger partial charge < -0.3 is 14.6 Å². The third kappa shape index (κ3) is 6.14. The molecule has 4 rings (SSSR count). The number of hydrogen-bond acceptors (Lipinski definition) is 8. The van der Waals surface area contributed by atoms with Crippen LogP contribution in [-0.4, -0.2) is 43.3 Å². The maximum atomic E-state index is 13.5. The number of ether oxygens (including phenoxy) is 2. The molecule has 0 saturated heterocycles. The zero-order valence-electron chi connectivity index (χ0n) is 22.2. The zero-order chi connectivity index (χ0) is 29.4. The van der Waals surface area contributed by atoms with Gasteiger partial charge in [-0.2, -0.15) is 0 Å². The number of carbonyl (C=O) groups is 2. The average molecular weight is 604 g/mol. The van der Waals surface area contributed by atoms with Crippen LogP contribution in [0.15, 0.2) is 53.4 Å². The first-order valence-corrected chi connectivity index (χ1v) is 14.5. The van der Waals surface area contributed by atoms with Gasteiger partial charge in [0.15, 0.2) is 0 Å². The quantitative estimate of drug-likeness (QED) is 0.210. The molecule has 2 aromatic heterocycles. The van der Waals surface area contributed by atoms with Crippen LogP contribution < -0.4 is 14.8 Å². The SMILES string of the molecule is COc1cccc(-c2c(NC(=O)OC(C)(C)C)sc3nc(C)c(C(=O)O)c(NS(=O)(=O)c4cccc(Cl)c4)c23)c1. The van der Waals surface area contributed by atoms with Gasteiger partial charge in [0, 0.05) is 16.0 Å². The maximum absolute atomic E-state index is 13.5. The summed E-state index contributed by atoms with van der Waals surface area (Å²) in [6.07, 6.45) is -0.751. The summed E-state index contributed by atoms with van der Waals surface area (Å²) in [6, 6.07) is 12.4. The third-order valence-corrected chi connectivity index (χ3v) is 8.13. The molecule has 210 valence electrons. The Hall–Kier alpha value is -3.87. The first-order chi connectivity index (χ1) is 18.7. The summed E-state index contributed by atoms with van der Waals surface area (Å²) in [7, 11) is -2.82. The lowest BCUT2D eigenvalue weighted by molar-refractivity contribution is 0.0634. The molecule has 0 atom stereocenters. The normalized spacial score (nSPS) is 11.8. The predicted molar refractivity (Wildman–Crippen MR) is 155 cm³/mol. The average Bonchev–Trinajstić information content (AvgIpc) is 3.19. The van der Waals surface area contributed by atoms with Crippen LogP contribution in [-0.2, 0) is 14.8 Å². The van der Waals surface area contributed by atoms with E-state index in [0.717, 1.165) is 11.3 Å². The fraction of sp³-hybridized carbons (Fsp3) is 0.222. The number of aryl methyl sites for hydroxylation is 1. The topological polar surface area (TPSA) is 144 Å². The molecule has 0 aliphatic carbocycles. The number of anilines is 2. The van der Waals surface area contributed by atoms with Crippen molar-refractivity contribution in [1.29, 1.82) is 0 Å².